The molecule has 2 rings (SSSR count). The van der Waals surface area contributed by atoms with Crippen molar-refractivity contribution in [2.24, 2.45) is 11.7 Å². The third-order valence-electron chi connectivity index (χ3n) is 3.33. The minimum Gasteiger partial charge on any atom is -0.324 e. The lowest BCUT2D eigenvalue weighted by molar-refractivity contribution is 0.453. The molecule has 0 spiro atoms. The molecule has 0 bridgehead atoms. The number of hydrogen-bond donors (Lipinski definition) is 1. The summed E-state index contributed by atoms with van der Waals surface area (Å²) in [5.74, 6) is 0.549. The van der Waals surface area contributed by atoms with E-state index < -0.39 is 10.0 Å². The zero-order valence-corrected chi connectivity index (χ0v) is 11.7. The summed E-state index contributed by atoms with van der Waals surface area (Å²) in [6.45, 7) is 2.50. The number of benzene rings is 1. The summed E-state index contributed by atoms with van der Waals surface area (Å²) >= 11 is 0. The summed E-state index contributed by atoms with van der Waals surface area (Å²) in [5, 5.41) is 0. The van der Waals surface area contributed by atoms with E-state index in [4.69, 9.17) is 5.73 Å². The molecule has 0 radical (unpaired) electrons. The molecule has 1 unspecified atom stereocenters. The van der Waals surface area contributed by atoms with E-state index in [1.165, 1.54) is 4.31 Å². The van der Waals surface area contributed by atoms with Crippen molar-refractivity contribution in [3.8, 4) is 0 Å². The van der Waals surface area contributed by atoms with Crippen molar-refractivity contribution < 1.29 is 8.42 Å². The number of rotatable bonds is 5. The van der Waals surface area contributed by atoms with Gasteiger partial charge in [-0.3, -0.25) is 0 Å². The van der Waals surface area contributed by atoms with Crippen LogP contribution in [0.4, 0.5) is 0 Å². The maximum Gasteiger partial charge on any atom is 0.242 e. The van der Waals surface area contributed by atoms with Crippen molar-refractivity contribution in [2.75, 3.05) is 13.6 Å². The zero-order chi connectivity index (χ0) is 13.3. The van der Waals surface area contributed by atoms with E-state index >= 15 is 0 Å². The number of nitrogens with zero attached hydrogens (tertiary/aromatic N) is 1. The van der Waals surface area contributed by atoms with Gasteiger partial charge in [-0.25, -0.2) is 12.7 Å². The van der Waals surface area contributed by atoms with E-state index in [1.54, 1.807) is 31.3 Å². The Morgan fingerprint density at radius 1 is 1.33 bits per heavy atom. The summed E-state index contributed by atoms with van der Waals surface area (Å²) in [7, 11) is -1.70. The number of nitrogens with two attached hydrogens (primary N) is 1. The zero-order valence-electron chi connectivity index (χ0n) is 10.8. The van der Waals surface area contributed by atoms with Crippen molar-refractivity contribution in [3.63, 3.8) is 0 Å². The molecule has 1 atom stereocenters. The van der Waals surface area contributed by atoms with Gasteiger partial charge in [0, 0.05) is 19.6 Å². The highest BCUT2D eigenvalue weighted by atomic mass is 32.2. The minimum atomic E-state index is -3.34. The van der Waals surface area contributed by atoms with Crippen molar-refractivity contribution in [1.29, 1.82) is 0 Å². The molecule has 1 saturated carbocycles. The SMILES string of the molecule is CC(N)c1ccc(S(=O)(=O)N(C)CC2CC2)cc1. The van der Waals surface area contributed by atoms with Crippen LogP contribution < -0.4 is 5.73 Å². The van der Waals surface area contributed by atoms with Crippen LogP contribution >= 0.6 is 0 Å². The van der Waals surface area contributed by atoms with Crippen molar-refractivity contribution in [2.45, 2.75) is 30.7 Å². The molecule has 18 heavy (non-hydrogen) atoms. The van der Waals surface area contributed by atoms with E-state index in [2.05, 4.69) is 0 Å². The van der Waals surface area contributed by atoms with Gasteiger partial charge in [0.1, 0.15) is 0 Å². The van der Waals surface area contributed by atoms with Crippen LogP contribution in [0.2, 0.25) is 0 Å². The fourth-order valence-corrected chi connectivity index (χ4v) is 3.13. The van der Waals surface area contributed by atoms with E-state index in [9.17, 15) is 8.42 Å². The average Bonchev–Trinajstić information content (AvgIpc) is 3.13. The second kappa shape index (κ2) is 4.99. The van der Waals surface area contributed by atoms with Gasteiger partial charge in [-0.2, -0.15) is 0 Å². The Labute approximate surface area is 109 Å². The minimum absolute atomic E-state index is 0.0778. The number of hydrogen-bond acceptors (Lipinski definition) is 3. The van der Waals surface area contributed by atoms with Gasteiger partial charge in [-0.1, -0.05) is 12.1 Å². The third-order valence-corrected chi connectivity index (χ3v) is 5.16. The van der Waals surface area contributed by atoms with Crippen molar-refractivity contribution in [1.82, 2.24) is 4.31 Å². The maximum atomic E-state index is 12.3. The second-order valence-corrected chi connectivity index (χ2v) is 7.13. The smallest absolute Gasteiger partial charge is 0.242 e. The molecule has 2 N–H and O–H groups in total. The lowest BCUT2D eigenvalue weighted by Crippen LogP contribution is -2.28. The molecule has 1 fully saturated rings. The first-order valence-corrected chi connectivity index (χ1v) is 7.67. The van der Waals surface area contributed by atoms with Crippen LogP contribution in [0.5, 0.6) is 0 Å². The first-order valence-electron chi connectivity index (χ1n) is 6.23. The average molecular weight is 268 g/mol. The van der Waals surface area contributed by atoms with Gasteiger partial charge in [-0.15, -0.1) is 0 Å². The molecule has 0 amide bonds. The van der Waals surface area contributed by atoms with E-state index in [0.717, 1.165) is 18.4 Å². The van der Waals surface area contributed by atoms with Gasteiger partial charge < -0.3 is 5.73 Å². The van der Waals surface area contributed by atoms with E-state index in [-0.39, 0.29) is 6.04 Å². The molecule has 1 aromatic rings. The van der Waals surface area contributed by atoms with Gasteiger partial charge in [0.15, 0.2) is 0 Å². The molecule has 4 nitrogen and oxygen atoms in total. The fraction of sp³-hybridized carbons (Fsp3) is 0.538. The molecule has 1 aliphatic rings. The van der Waals surface area contributed by atoms with Gasteiger partial charge in [0.25, 0.3) is 0 Å². The molecular weight excluding hydrogens is 248 g/mol. The summed E-state index contributed by atoms with van der Waals surface area (Å²) in [6.07, 6.45) is 2.28. The first-order chi connectivity index (χ1) is 8.41. The molecule has 100 valence electrons. The van der Waals surface area contributed by atoms with Crippen LogP contribution in [-0.2, 0) is 10.0 Å². The number of sulfonamides is 1. The molecule has 0 heterocycles. The van der Waals surface area contributed by atoms with E-state index in [1.807, 2.05) is 6.92 Å². The lowest BCUT2D eigenvalue weighted by atomic mass is 10.1. The summed E-state index contributed by atoms with van der Waals surface area (Å²) in [5.41, 5.74) is 6.69. The van der Waals surface area contributed by atoms with Crippen LogP contribution in [0.3, 0.4) is 0 Å². The maximum absolute atomic E-state index is 12.3. The molecular formula is C13H20N2O2S. The Bertz CT molecular complexity index is 504. The highest BCUT2D eigenvalue weighted by molar-refractivity contribution is 7.89. The summed E-state index contributed by atoms with van der Waals surface area (Å²) < 4.78 is 26.0. The fourth-order valence-electron chi connectivity index (χ4n) is 1.89. The Morgan fingerprint density at radius 3 is 2.33 bits per heavy atom. The Kier molecular flexibility index (Phi) is 3.75. The van der Waals surface area contributed by atoms with Gasteiger partial charge in [0.2, 0.25) is 10.0 Å². The first kappa shape index (κ1) is 13.5. The van der Waals surface area contributed by atoms with E-state index in [0.29, 0.717) is 17.4 Å². The summed E-state index contributed by atoms with van der Waals surface area (Å²) in [4.78, 5) is 0.343. The second-order valence-electron chi connectivity index (χ2n) is 5.09. The van der Waals surface area contributed by atoms with Crippen molar-refractivity contribution in [3.05, 3.63) is 29.8 Å². The summed E-state index contributed by atoms with van der Waals surface area (Å²) in [6, 6.07) is 6.76. The topological polar surface area (TPSA) is 63.4 Å². The predicted octanol–water partition coefficient (Wildman–Crippen LogP) is 1.74. The molecule has 5 heteroatoms. The Balaban J connectivity index is 2.17. The quantitative estimate of drug-likeness (QED) is 0.884. The molecule has 1 aliphatic carbocycles. The molecule has 0 aliphatic heterocycles. The predicted molar refractivity (Wildman–Crippen MR) is 71.6 cm³/mol. The highest BCUT2D eigenvalue weighted by Crippen LogP contribution is 2.31. The van der Waals surface area contributed by atoms with Crippen molar-refractivity contribution >= 4 is 10.0 Å². The monoisotopic (exact) mass is 268 g/mol. The molecule has 0 aromatic heterocycles. The third kappa shape index (κ3) is 2.91. The standard InChI is InChI=1S/C13H20N2O2S/c1-10(14)12-5-7-13(8-6-12)18(16,17)15(2)9-11-3-4-11/h5-8,10-11H,3-4,9,14H2,1-2H3. The van der Waals surface area contributed by atoms with Gasteiger partial charge >= 0.3 is 0 Å². The van der Waals surface area contributed by atoms with Crippen LogP contribution in [0, 0.1) is 5.92 Å². The van der Waals surface area contributed by atoms with Crippen LogP contribution in [-0.4, -0.2) is 26.3 Å². The largest absolute Gasteiger partial charge is 0.324 e. The molecule has 0 saturated heterocycles. The van der Waals surface area contributed by atoms with Crippen LogP contribution in [0.15, 0.2) is 29.2 Å². The molecule has 1 aromatic carbocycles. The Morgan fingerprint density at radius 2 is 1.89 bits per heavy atom. The normalized spacial score (nSPS) is 18.0. The van der Waals surface area contributed by atoms with Crippen LogP contribution in [0.1, 0.15) is 31.4 Å². The highest BCUT2D eigenvalue weighted by Gasteiger charge is 2.29. The Hall–Kier alpha value is -0.910. The van der Waals surface area contributed by atoms with Gasteiger partial charge in [0.05, 0.1) is 4.90 Å². The van der Waals surface area contributed by atoms with Crippen LogP contribution in [0.25, 0.3) is 0 Å². The lowest BCUT2D eigenvalue weighted by Gasteiger charge is -2.17. The van der Waals surface area contributed by atoms with Gasteiger partial charge in [-0.05, 0) is 43.4 Å².